The first kappa shape index (κ1) is 11.1. The number of ether oxygens (including phenoxy) is 3. The lowest BCUT2D eigenvalue weighted by molar-refractivity contribution is -0.263. The molecule has 2 rings (SSSR count). The summed E-state index contributed by atoms with van der Waals surface area (Å²) in [5.74, 6) is -0.931. The van der Waals surface area contributed by atoms with Crippen LogP contribution in [0.5, 0.6) is 0 Å². The Balaban J connectivity index is 1.94. The van der Waals surface area contributed by atoms with Crippen LogP contribution in [-0.2, 0) is 14.2 Å². The summed E-state index contributed by atoms with van der Waals surface area (Å²) in [7, 11) is 0. The van der Waals surface area contributed by atoms with Crippen molar-refractivity contribution >= 4 is 0 Å². The van der Waals surface area contributed by atoms with Gasteiger partial charge in [-0.05, 0) is 19.8 Å². The van der Waals surface area contributed by atoms with E-state index in [-0.39, 0.29) is 5.79 Å². The van der Waals surface area contributed by atoms with Gasteiger partial charge in [-0.3, -0.25) is 0 Å². The minimum absolute atomic E-state index is 0.353. The van der Waals surface area contributed by atoms with Crippen molar-refractivity contribution in [2.75, 3.05) is 13.2 Å². The van der Waals surface area contributed by atoms with E-state index in [1.165, 1.54) is 19.3 Å². The Morgan fingerprint density at radius 2 is 2.07 bits per heavy atom. The minimum Gasteiger partial charge on any atom is -0.344 e. The molecule has 0 bridgehead atoms. The van der Waals surface area contributed by atoms with Crippen LogP contribution in [0.25, 0.3) is 0 Å². The highest BCUT2D eigenvalue weighted by Gasteiger charge is 2.48. The van der Waals surface area contributed by atoms with Crippen molar-refractivity contribution in [3.8, 4) is 0 Å². The normalized spacial score (nSPS) is 34.5. The Morgan fingerprint density at radius 1 is 1.33 bits per heavy atom. The molecule has 3 heteroatoms. The van der Waals surface area contributed by atoms with Gasteiger partial charge in [0, 0.05) is 12.8 Å². The second-order valence-corrected chi connectivity index (χ2v) is 4.60. The van der Waals surface area contributed by atoms with Crippen molar-refractivity contribution < 1.29 is 14.2 Å². The molecule has 1 unspecified atom stereocenters. The zero-order valence-corrected chi connectivity index (χ0v) is 9.46. The van der Waals surface area contributed by atoms with Crippen LogP contribution in [0.3, 0.4) is 0 Å². The van der Waals surface area contributed by atoms with Gasteiger partial charge in [-0.1, -0.05) is 12.5 Å². The van der Waals surface area contributed by atoms with E-state index in [4.69, 9.17) is 14.2 Å². The van der Waals surface area contributed by atoms with Gasteiger partial charge >= 0.3 is 0 Å². The first-order valence-corrected chi connectivity index (χ1v) is 5.77. The van der Waals surface area contributed by atoms with E-state index in [0.717, 1.165) is 12.8 Å². The fraction of sp³-hybridized carbons (Fsp3) is 0.833. The van der Waals surface area contributed by atoms with Crippen LogP contribution in [0.15, 0.2) is 12.7 Å². The highest BCUT2D eigenvalue weighted by molar-refractivity contribution is 4.85. The van der Waals surface area contributed by atoms with Crippen molar-refractivity contribution in [3.63, 3.8) is 0 Å². The van der Waals surface area contributed by atoms with Crippen molar-refractivity contribution in [2.45, 2.75) is 50.6 Å². The molecule has 0 radical (unpaired) electrons. The van der Waals surface area contributed by atoms with E-state index in [1.54, 1.807) is 6.08 Å². The van der Waals surface area contributed by atoms with E-state index < -0.39 is 5.79 Å². The Hall–Kier alpha value is -0.380. The molecule has 1 aliphatic heterocycles. The van der Waals surface area contributed by atoms with Crippen molar-refractivity contribution in [2.24, 2.45) is 0 Å². The fourth-order valence-corrected chi connectivity index (χ4v) is 2.36. The highest BCUT2D eigenvalue weighted by Crippen LogP contribution is 2.41. The van der Waals surface area contributed by atoms with E-state index in [9.17, 15) is 0 Å². The summed E-state index contributed by atoms with van der Waals surface area (Å²) in [4.78, 5) is 0. The molecule has 1 spiro atoms. The zero-order valence-electron chi connectivity index (χ0n) is 9.46. The van der Waals surface area contributed by atoms with Crippen LogP contribution in [0.4, 0.5) is 0 Å². The molecular formula is C12H20O3. The molecule has 2 aliphatic rings. The molecule has 0 N–H and O–H groups in total. The largest absolute Gasteiger partial charge is 0.344 e. The first-order chi connectivity index (χ1) is 7.18. The molecule has 1 atom stereocenters. The van der Waals surface area contributed by atoms with Gasteiger partial charge in [0.25, 0.3) is 0 Å². The summed E-state index contributed by atoms with van der Waals surface area (Å²) in [5.41, 5.74) is 0. The lowest BCUT2D eigenvalue weighted by atomic mass is 9.94. The number of rotatable bonds is 3. The van der Waals surface area contributed by atoms with Gasteiger partial charge < -0.3 is 14.2 Å². The fourth-order valence-electron chi connectivity index (χ4n) is 2.36. The lowest BCUT2D eigenvalue weighted by Gasteiger charge is -2.33. The van der Waals surface area contributed by atoms with Crippen molar-refractivity contribution in [1.29, 1.82) is 0 Å². The SMILES string of the molecule is C=CCOC1(C)COC2(CCCCC2)O1. The minimum atomic E-state index is -0.578. The summed E-state index contributed by atoms with van der Waals surface area (Å²) >= 11 is 0. The van der Waals surface area contributed by atoms with Crippen LogP contribution in [0, 0.1) is 0 Å². The summed E-state index contributed by atoms with van der Waals surface area (Å²) < 4.78 is 17.4. The standard InChI is InChI=1S/C12H20O3/c1-3-9-13-11(2)10-14-12(15-11)7-5-4-6-8-12/h3H,1,4-10H2,2H3. The van der Waals surface area contributed by atoms with E-state index in [0.29, 0.717) is 13.2 Å². The smallest absolute Gasteiger partial charge is 0.192 e. The molecule has 0 amide bonds. The van der Waals surface area contributed by atoms with Crippen LogP contribution < -0.4 is 0 Å². The van der Waals surface area contributed by atoms with Crippen LogP contribution in [-0.4, -0.2) is 24.8 Å². The maximum absolute atomic E-state index is 5.99. The maximum atomic E-state index is 5.99. The van der Waals surface area contributed by atoms with Gasteiger partial charge in [-0.25, -0.2) is 0 Å². The molecule has 1 saturated heterocycles. The van der Waals surface area contributed by atoms with E-state index >= 15 is 0 Å². The van der Waals surface area contributed by atoms with Crippen LogP contribution in [0.1, 0.15) is 39.0 Å². The van der Waals surface area contributed by atoms with E-state index in [1.807, 2.05) is 6.92 Å². The summed E-state index contributed by atoms with van der Waals surface area (Å²) in [6.45, 7) is 6.62. The average molecular weight is 212 g/mol. The molecule has 0 aromatic rings. The third-order valence-corrected chi connectivity index (χ3v) is 3.12. The van der Waals surface area contributed by atoms with Crippen LogP contribution in [0.2, 0.25) is 0 Å². The van der Waals surface area contributed by atoms with Crippen LogP contribution >= 0.6 is 0 Å². The molecule has 1 heterocycles. The number of hydrogen-bond donors (Lipinski definition) is 0. The maximum Gasteiger partial charge on any atom is 0.192 e. The van der Waals surface area contributed by atoms with Gasteiger partial charge in [-0.2, -0.15) is 0 Å². The van der Waals surface area contributed by atoms with Gasteiger partial charge in [0.15, 0.2) is 11.6 Å². The molecule has 0 aromatic carbocycles. The summed E-state index contributed by atoms with van der Waals surface area (Å²) in [6, 6.07) is 0. The Kier molecular flexibility index (Phi) is 3.14. The molecule has 3 nitrogen and oxygen atoms in total. The molecule has 2 fully saturated rings. The molecule has 86 valence electrons. The second-order valence-electron chi connectivity index (χ2n) is 4.60. The first-order valence-electron chi connectivity index (χ1n) is 5.77. The Bertz CT molecular complexity index is 233. The summed E-state index contributed by atoms with van der Waals surface area (Å²) in [6.07, 6.45) is 7.41. The Labute approximate surface area is 91.4 Å². The van der Waals surface area contributed by atoms with Crippen molar-refractivity contribution in [1.82, 2.24) is 0 Å². The molecule has 15 heavy (non-hydrogen) atoms. The molecule has 0 aromatic heterocycles. The monoisotopic (exact) mass is 212 g/mol. The average Bonchev–Trinajstić information content (AvgIpc) is 2.55. The molecule has 1 aliphatic carbocycles. The zero-order chi connectivity index (χ0) is 10.8. The quantitative estimate of drug-likeness (QED) is 0.673. The van der Waals surface area contributed by atoms with Gasteiger partial charge in [0.1, 0.15) is 6.61 Å². The lowest BCUT2D eigenvalue weighted by Crippen LogP contribution is -2.38. The number of hydrogen-bond acceptors (Lipinski definition) is 3. The predicted molar refractivity (Wildman–Crippen MR) is 57.4 cm³/mol. The topological polar surface area (TPSA) is 27.7 Å². The van der Waals surface area contributed by atoms with Gasteiger partial charge in [0.2, 0.25) is 0 Å². The third kappa shape index (κ3) is 2.41. The molecule has 1 saturated carbocycles. The highest BCUT2D eigenvalue weighted by atomic mass is 16.8. The molecular weight excluding hydrogens is 192 g/mol. The Morgan fingerprint density at radius 3 is 2.73 bits per heavy atom. The van der Waals surface area contributed by atoms with E-state index in [2.05, 4.69) is 6.58 Å². The van der Waals surface area contributed by atoms with Gasteiger partial charge in [0.05, 0.1) is 6.61 Å². The van der Waals surface area contributed by atoms with Gasteiger partial charge in [-0.15, -0.1) is 6.58 Å². The van der Waals surface area contributed by atoms with Crippen molar-refractivity contribution in [3.05, 3.63) is 12.7 Å². The second kappa shape index (κ2) is 4.24. The summed E-state index contributed by atoms with van der Waals surface area (Å²) in [5, 5.41) is 0. The third-order valence-electron chi connectivity index (χ3n) is 3.12. The predicted octanol–water partition coefficient (Wildman–Crippen LogP) is 2.61.